The van der Waals surface area contributed by atoms with Crippen LogP contribution in [0.3, 0.4) is 0 Å². The van der Waals surface area contributed by atoms with Crippen molar-refractivity contribution in [3.63, 3.8) is 0 Å². The van der Waals surface area contributed by atoms with E-state index in [0.29, 0.717) is 23.3 Å². The standard InChI is InChI=1S/C12H16N4O/c13-11-2-1-9(5-15-11)12(17)16-6-8-3-10(7-16)14-4-8/h1-2,5,8,10,14H,3-4,6-7H2,(H2,13,15). The number of piperidine rings is 1. The van der Waals surface area contributed by atoms with Crippen LogP contribution in [0.4, 0.5) is 5.82 Å². The third-order valence-corrected chi connectivity index (χ3v) is 3.55. The summed E-state index contributed by atoms with van der Waals surface area (Å²) in [6, 6.07) is 3.89. The van der Waals surface area contributed by atoms with Gasteiger partial charge < -0.3 is 16.0 Å². The van der Waals surface area contributed by atoms with Gasteiger partial charge in [0.05, 0.1) is 5.56 Å². The van der Waals surface area contributed by atoms with Gasteiger partial charge in [0.15, 0.2) is 0 Å². The summed E-state index contributed by atoms with van der Waals surface area (Å²) in [6.07, 6.45) is 2.76. The summed E-state index contributed by atoms with van der Waals surface area (Å²) in [7, 11) is 0. The van der Waals surface area contributed by atoms with E-state index in [0.717, 1.165) is 19.6 Å². The number of carbonyl (C=O) groups is 1. The minimum absolute atomic E-state index is 0.0656. The van der Waals surface area contributed by atoms with E-state index in [1.54, 1.807) is 18.3 Å². The number of nitrogens with one attached hydrogen (secondary N) is 1. The van der Waals surface area contributed by atoms with Crippen molar-refractivity contribution >= 4 is 11.7 Å². The highest BCUT2D eigenvalue weighted by molar-refractivity contribution is 5.94. The fourth-order valence-electron chi connectivity index (χ4n) is 2.71. The molecule has 0 aliphatic carbocycles. The van der Waals surface area contributed by atoms with E-state index in [2.05, 4.69) is 10.3 Å². The van der Waals surface area contributed by atoms with E-state index >= 15 is 0 Å². The molecule has 0 saturated carbocycles. The minimum Gasteiger partial charge on any atom is -0.384 e. The van der Waals surface area contributed by atoms with Crippen molar-refractivity contribution in [3.05, 3.63) is 23.9 Å². The summed E-state index contributed by atoms with van der Waals surface area (Å²) in [6.45, 7) is 2.70. The number of amides is 1. The maximum atomic E-state index is 12.2. The van der Waals surface area contributed by atoms with Gasteiger partial charge in [0, 0.05) is 31.9 Å². The van der Waals surface area contributed by atoms with Crippen LogP contribution in [0.15, 0.2) is 18.3 Å². The van der Waals surface area contributed by atoms with Crippen molar-refractivity contribution < 1.29 is 4.79 Å². The zero-order valence-electron chi connectivity index (χ0n) is 9.60. The molecule has 90 valence electrons. The van der Waals surface area contributed by atoms with Crippen molar-refractivity contribution in [3.8, 4) is 0 Å². The van der Waals surface area contributed by atoms with Gasteiger partial charge in [-0.2, -0.15) is 0 Å². The molecular formula is C12H16N4O. The zero-order chi connectivity index (χ0) is 11.8. The number of likely N-dealkylation sites (tertiary alicyclic amines) is 1. The molecule has 17 heavy (non-hydrogen) atoms. The number of fused-ring (bicyclic) bond motifs is 2. The fraction of sp³-hybridized carbons (Fsp3) is 0.500. The first-order valence-electron chi connectivity index (χ1n) is 5.96. The number of carbonyl (C=O) groups excluding carboxylic acids is 1. The Bertz CT molecular complexity index is 419. The molecule has 2 aliphatic heterocycles. The molecule has 2 unspecified atom stereocenters. The Morgan fingerprint density at radius 3 is 3.06 bits per heavy atom. The van der Waals surface area contributed by atoms with Gasteiger partial charge in [-0.05, 0) is 24.5 Å². The number of nitrogens with two attached hydrogens (primary N) is 1. The van der Waals surface area contributed by atoms with E-state index < -0.39 is 0 Å². The molecular weight excluding hydrogens is 216 g/mol. The van der Waals surface area contributed by atoms with Crippen molar-refractivity contribution in [2.75, 3.05) is 25.4 Å². The molecule has 2 aliphatic rings. The molecule has 1 amide bonds. The molecule has 5 nitrogen and oxygen atoms in total. The van der Waals surface area contributed by atoms with Crippen LogP contribution < -0.4 is 11.1 Å². The number of aromatic nitrogens is 1. The molecule has 3 N–H and O–H groups in total. The molecule has 1 aromatic rings. The number of pyridine rings is 1. The number of nitrogen functional groups attached to an aromatic ring is 1. The summed E-state index contributed by atoms with van der Waals surface area (Å²) in [5.41, 5.74) is 6.14. The molecule has 0 spiro atoms. The Morgan fingerprint density at radius 2 is 2.35 bits per heavy atom. The second-order valence-electron chi connectivity index (χ2n) is 4.89. The maximum Gasteiger partial charge on any atom is 0.255 e. The summed E-state index contributed by atoms with van der Waals surface area (Å²) in [5.74, 6) is 1.12. The van der Waals surface area contributed by atoms with E-state index in [1.807, 2.05) is 4.90 Å². The molecule has 0 aromatic carbocycles. The Labute approximate surface area is 100 Å². The Kier molecular flexibility index (Phi) is 2.48. The minimum atomic E-state index is 0.0656. The molecule has 3 heterocycles. The highest BCUT2D eigenvalue weighted by atomic mass is 16.2. The van der Waals surface area contributed by atoms with Gasteiger partial charge in [0.2, 0.25) is 0 Å². The van der Waals surface area contributed by atoms with Gasteiger partial charge in [-0.25, -0.2) is 4.98 Å². The van der Waals surface area contributed by atoms with E-state index in [-0.39, 0.29) is 5.91 Å². The van der Waals surface area contributed by atoms with Crippen molar-refractivity contribution in [1.29, 1.82) is 0 Å². The highest BCUT2D eigenvalue weighted by Crippen LogP contribution is 2.23. The van der Waals surface area contributed by atoms with Crippen LogP contribution in [0, 0.1) is 5.92 Å². The van der Waals surface area contributed by atoms with Gasteiger partial charge in [0.25, 0.3) is 5.91 Å². The number of anilines is 1. The van der Waals surface area contributed by atoms with Crippen LogP contribution in [0.5, 0.6) is 0 Å². The van der Waals surface area contributed by atoms with Crippen LogP contribution >= 0.6 is 0 Å². The average molecular weight is 232 g/mol. The van der Waals surface area contributed by atoms with E-state index in [9.17, 15) is 4.79 Å². The summed E-state index contributed by atoms with van der Waals surface area (Å²) in [5, 5.41) is 3.43. The quantitative estimate of drug-likeness (QED) is 0.720. The number of hydrogen-bond acceptors (Lipinski definition) is 4. The summed E-state index contributed by atoms with van der Waals surface area (Å²) < 4.78 is 0. The second-order valence-corrected chi connectivity index (χ2v) is 4.89. The lowest BCUT2D eigenvalue weighted by Gasteiger charge is -2.31. The molecule has 5 heteroatoms. The van der Waals surface area contributed by atoms with Crippen LogP contribution in [-0.2, 0) is 0 Å². The first-order valence-corrected chi connectivity index (χ1v) is 5.96. The Morgan fingerprint density at radius 1 is 1.47 bits per heavy atom. The summed E-state index contributed by atoms with van der Waals surface area (Å²) in [4.78, 5) is 18.1. The largest absolute Gasteiger partial charge is 0.384 e. The van der Waals surface area contributed by atoms with Crippen LogP contribution in [-0.4, -0.2) is 41.5 Å². The lowest BCUT2D eigenvalue weighted by atomic mass is 9.99. The van der Waals surface area contributed by atoms with E-state index in [4.69, 9.17) is 5.73 Å². The monoisotopic (exact) mass is 232 g/mol. The molecule has 2 saturated heterocycles. The Hall–Kier alpha value is -1.62. The second kappa shape index (κ2) is 4.00. The molecule has 1 aromatic heterocycles. The number of rotatable bonds is 1. The maximum absolute atomic E-state index is 12.2. The molecule has 0 radical (unpaired) electrons. The lowest BCUT2D eigenvalue weighted by molar-refractivity contribution is 0.0691. The van der Waals surface area contributed by atoms with Crippen molar-refractivity contribution in [1.82, 2.24) is 15.2 Å². The zero-order valence-corrected chi connectivity index (χ0v) is 9.60. The third kappa shape index (κ3) is 1.98. The van der Waals surface area contributed by atoms with Crippen molar-refractivity contribution in [2.24, 2.45) is 5.92 Å². The normalized spacial score (nSPS) is 27.2. The third-order valence-electron chi connectivity index (χ3n) is 3.55. The molecule has 2 bridgehead atoms. The van der Waals surface area contributed by atoms with Crippen LogP contribution in [0.2, 0.25) is 0 Å². The summed E-state index contributed by atoms with van der Waals surface area (Å²) >= 11 is 0. The predicted molar refractivity (Wildman–Crippen MR) is 64.5 cm³/mol. The lowest BCUT2D eigenvalue weighted by Crippen LogP contribution is -2.44. The Balaban J connectivity index is 1.76. The average Bonchev–Trinajstić information content (AvgIpc) is 2.68. The van der Waals surface area contributed by atoms with Gasteiger partial charge in [0.1, 0.15) is 5.82 Å². The van der Waals surface area contributed by atoms with Crippen LogP contribution in [0.1, 0.15) is 16.8 Å². The molecule has 2 fully saturated rings. The SMILES string of the molecule is Nc1ccc(C(=O)N2CC3CNC(C3)C2)cn1. The predicted octanol–water partition coefficient (Wildman–Crippen LogP) is 0.0977. The first-order chi connectivity index (χ1) is 8.22. The van der Waals surface area contributed by atoms with Gasteiger partial charge in [-0.1, -0.05) is 0 Å². The molecule has 2 atom stereocenters. The van der Waals surface area contributed by atoms with Crippen molar-refractivity contribution in [2.45, 2.75) is 12.5 Å². The molecule has 3 rings (SSSR count). The first kappa shape index (κ1) is 10.5. The van der Waals surface area contributed by atoms with Crippen LogP contribution in [0.25, 0.3) is 0 Å². The fourth-order valence-corrected chi connectivity index (χ4v) is 2.71. The van der Waals surface area contributed by atoms with Gasteiger partial charge >= 0.3 is 0 Å². The number of nitrogens with zero attached hydrogens (tertiary/aromatic N) is 2. The smallest absolute Gasteiger partial charge is 0.255 e. The topological polar surface area (TPSA) is 71.2 Å². The number of hydrogen-bond donors (Lipinski definition) is 2. The highest BCUT2D eigenvalue weighted by Gasteiger charge is 2.34. The van der Waals surface area contributed by atoms with E-state index in [1.165, 1.54) is 6.42 Å². The van der Waals surface area contributed by atoms with Gasteiger partial charge in [-0.3, -0.25) is 4.79 Å². The van der Waals surface area contributed by atoms with Gasteiger partial charge in [-0.15, -0.1) is 0 Å².